The topological polar surface area (TPSA) is 130 Å². The number of carboxylic acid groups (broad SMARTS) is 1. The van der Waals surface area contributed by atoms with E-state index in [1.807, 2.05) is 0 Å². The number of carboxylic acids is 1. The molecule has 1 amide bonds. The monoisotopic (exact) mass is 436 g/mol. The van der Waals surface area contributed by atoms with Gasteiger partial charge in [0.2, 0.25) is 0 Å². The number of nitrogens with zero attached hydrogens (tertiary/aromatic N) is 2. The van der Waals surface area contributed by atoms with Crippen LogP contribution in [0.15, 0.2) is 78.9 Å². The van der Waals surface area contributed by atoms with Crippen molar-refractivity contribution in [2.75, 3.05) is 0 Å². The van der Waals surface area contributed by atoms with Crippen LogP contribution in [0.25, 0.3) is 0 Å². The molecule has 0 saturated carbocycles. The summed E-state index contributed by atoms with van der Waals surface area (Å²) in [6.45, 7) is -0.250. The first-order valence-corrected chi connectivity index (χ1v) is 9.60. The molecule has 0 aliphatic rings. The van der Waals surface area contributed by atoms with E-state index < -0.39 is 22.8 Å². The number of hydroxylamine groups is 2. The van der Waals surface area contributed by atoms with E-state index in [-0.39, 0.29) is 30.0 Å². The SMILES string of the molecule is O=C(O)[C@H](Cc1ccc(O)cc1)N(OCc1cccc([N+](=O)[O-])c1)C(=O)c1ccccc1. The maximum Gasteiger partial charge on any atom is 0.329 e. The standard InChI is InChI=1S/C23H20N2O7/c26-20-11-9-16(10-12-20)14-21(23(28)29)24(22(27)18-6-2-1-3-7-18)32-15-17-5-4-8-19(13-17)25(30)31/h1-13,21,26H,14-15H2,(H,28,29)/t21-/m0/s1. The molecule has 0 bridgehead atoms. The predicted octanol–water partition coefficient (Wildman–Crippen LogP) is 3.57. The molecule has 0 aliphatic carbocycles. The lowest BCUT2D eigenvalue weighted by molar-refractivity contribution is -0.385. The van der Waals surface area contributed by atoms with E-state index in [2.05, 4.69) is 0 Å². The summed E-state index contributed by atoms with van der Waals surface area (Å²) in [6.07, 6.45) is -0.0802. The van der Waals surface area contributed by atoms with Crippen molar-refractivity contribution in [2.45, 2.75) is 19.1 Å². The van der Waals surface area contributed by atoms with Crippen molar-refractivity contribution in [1.82, 2.24) is 5.06 Å². The fourth-order valence-corrected chi connectivity index (χ4v) is 3.03. The van der Waals surface area contributed by atoms with Crippen LogP contribution in [-0.2, 0) is 22.7 Å². The number of aromatic hydroxyl groups is 1. The van der Waals surface area contributed by atoms with Crippen molar-refractivity contribution in [3.05, 3.63) is 106 Å². The summed E-state index contributed by atoms with van der Waals surface area (Å²) in [5.41, 5.74) is 1.05. The van der Waals surface area contributed by atoms with E-state index in [9.17, 15) is 29.9 Å². The second kappa shape index (κ2) is 10.2. The molecule has 2 N–H and O–H groups in total. The molecule has 9 nitrogen and oxygen atoms in total. The van der Waals surface area contributed by atoms with Gasteiger partial charge < -0.3 is 10.2 Å². The van der Waals surface area contributed by atoms with E-state index in [4.69, 9.17) is 4.84 Å². The molecule has 0 fully saturated rings. The van der Waals surface area contributed by atoms with Crippen LogP contribution in [0.2, 0.25) is 0 Å². The number of aliphatic carboxylic acids is 1. The van der Waals surface area contributed by atoms with E-state index in [1.54, 1.807) is 36.4 Å². The number of non-ortho nitro benzene ring substituents is 1. The van der Waals surface area contributed by atoms with Crippen molar-refractivity contribution >= 4 is 17.6 Å². The number of nitro groups is 1. The molecule has 0 aromatic heterocycles. The van der Waals surface area contributed by atoms with Crippen molar-refractivity contribution < 1.29 is 29.6 Å². The van der Waals surface area contributed by atoms with E-state index in [0.29, 0.717) is 11.1 Å². The number of hydrogen-bond acceptors (Lipinski definition) is 6. The summed E-state index contributed by atoms with van der Waals surface area (Å²) in [5, 5.41) is 31.1. The number of carbonyl (C=O) groups is 2. The molecule has 0 saturated heterocycles. The molecular weight excluding hydrogens is 416 g/mol. The van der Waals surface area contributed by atoms with Gasteiger partial charge in [-0.2, -0.15) is 0 Å². The molecule has 0 aliphatic heterocycles. The van der Waals surface area contributed by atoms with Crippen LogP contribution in [0.3, 0.4) is 0 Å². The minimum atomic E-state index is -1.38. The van der Waals surface area contributed by atoms with Crippen molar-refractivity contribution in [3.63, 3.8) is 0 Å². The Morgan fingerprint density at radius 2 is 1.66 bits per heavy atom. The number of phenolic OH excluding ortho intramolecular Hbond substituents is 1. The fourth-order valence-electron chi connectivity index (χ4n) is 3.03. The molecular formula is C23H20N2O7. The largest absolute Gasteiger partial charge is 0.508 e. The normalized spacial score (nSPS) is 11.5. The Kier molecular flexibility index (Phi) is 7.14. The van der Waals surface area contributed by atoms with E-state index in [0.717, 1.165) is 5.06 Å². The molecule has 3 aromatic carbocycles. The van der Waals surface area contributed by atoms with Gasteiger partial charge in [-0.25, -0.2) is 9.86 Å². The summed E-state index contributed by atoms with van der Waals surface area (Å²) < 4.78 is 0. The quantitative estimate of drug-likeness (QED) is 0.387. The zero-order valence-electron chi connectivity index (χ0n) is 16.8. The summed E-state index contributed by atoms with van der Waals surface area (Å²) in [4.78, 5) is 41.3. The molecule has 0 spiro atoms. The summed E-state index contributed by atoms with van der Waals surface area (Å²) in [7, 11) is 0. The predicted molar refractivity (Wildman–Crippen MR) is 114 cm³/mol. The summed E-state index contributed by atoms with van der Waals surface area (Å²) >= 11 is 0. The van der Waals surface area contributed by atoms with Gasteiger partial charge in [-0.3, -0.25) is 19.7 Å². The highest BCUT2D eigenvalue weighted by Crippen LogP contribution is 2.19. The molecule has 0 radical (unpaired) electrons. The summed E-state index contributed by atoms with van der Waals surface area (Å²) in [6, 6.07) is 18.3. The second-order valence-electron chi connectivity index (χ2n) is 6.92. The highest BCUT2D eigenvalue weighted by molar-refractivity contribution is 5.95. The van der Waals surface area contributed by atoms with Crippen LogP contribution >= 0.6 is 0 Å². The molecule has 0 heterocycles. The molecule has 3 aromatic rings. The van der Waals surface area contributed by atoms with Crippen LogP contribution in [0, 0.1) is 10.1 Å². The van der Waals surface area contributed by atoms with Gasteiger partial charge in [-0.1, -0.05) is 42.5 Å². The average molecular weight is 436 g/mol. The number of amides is 1. The number of carbonyl (C=O) groups excluding carboxylic acids is 1. The van der Waals surface area contributed by atoms with Crippen molar-refractivity contribution in [2.24, 2.45) is 0 Å². The Morgan fingerprint density at radius 3 is 2.28 bits per heavy atom. The highest BCUT2D eigenvalue weighted by Gasteiger charge is 2.32. The van der Waals surface area contributed by atoms with Gasteiger partial charge in [0.25, 0.3) is 11.6 Å². The number of rotatable bonds is 9. The van der Waals surface area contributed by atoms with E-state index in [1.165, 1.54) is 42.5 Å². The Balaban J connectivity index is 1.90. The van der Waals surface area contributed by atoms with Crippen LogP contribution < -0.4 is 0 Å². The number of phenols is 1. The van der Waals surface area contributed by atoms with Gasteiger partial charge in [-0.05, 0) is 35.4 Å². The van der Waals surface area contributed by atoms with E-state index >= 15 is 0 Å². The van der Waals surface area contributed by atoms with Crippen molar-refractivity contribution in [3.8, 4) is 5.75 Å². The second-order valence-corrected chi connectivity index (χ2v) is 6.92. The Bertz CT molecular complexity index is 1100. The molecule has 0 unspecified atom stereocenters. The maximum atomic E-state index is 13.1. The number of nitro benzene ring substituents is 1. The van der Waals surface area contributed by atoms with Gasteiger partial charge in [0.05, 0.1) is 4.92 Å². The third-order valence-corrected chi connectivity index (χ3v) is 4.65. The number of benzene rings is 3. The van der Waals surface area contributed by atoms with Gasteiger partial charge in [0.1, 0.15) is 12.4 Å². The third-order valence-electron chi connectivity index (χ3n) is 4.65. The Hall–Kier alpha value is -4.24. The first-order valence-electron chi connectivity index (χ1n) is 9.60. The van der Waals surface area contributed by atoms with Crippen LogP contribution in [0.5, 0.6) is 5.75 Å². The van der Waals surface area contributed by atoms with Gasteiger partial charge in [-0.15, -0.1) is 0 Å². The maximum absolute atomic E-state index is 13.1. The smallest absolute Gasteiger partial charge is 0.329 e. The minimum Gasteiger partial charge on any atom is -0.508 e. The van der Waals surface area contributed by atoms with Gasteiger partial charge in [0.15, 0.2) is 6.04 Å². The van der Waals surface area contributed by atoms with Crippen molar-refractivity contribution in [1.29, 1.82) is 0 Å². The lowest BCUT2D eigenvalue weighted by Gasteiger charge is -2.28. The molecule has 1 atom stereocenters. The molecule has 164 valence electrons. The summed E-state index contributed by atoms with van der Waals surface area (Å²) in [5.74, 6) is -1.93. The minimum absolute atomic E-state index is 0.0276. The van der Waals surface area contributed by atoms with Gasteiger partial charge in [0, 0.05) is 24.1 Å². The highest BCUT2D eigenvalue weighted by atomic mass is 16.7. The van der Waals surface area contributed by atoms with Crippen LogP contribution in [0.4, 0.5) is 5.69 Å². The first-order chi connectivity index (χ1) is 15.3. The zero-order valence-corrected chi connectivity index (χ0v) is 16.8. The lowest BCUT2D eigenvalue weighted by Crippen LogP contribution is -2.46. The molecule has 32 heavy (non-hydrogen) atoms. The zero-order chi connectivity index (χ0) is 23.1. The lowest BCUT2D eigenvalue weighted by atomic mass is 10.0. The third kappa shape index (κ3) is 5.67. The molecule has 3 rings (SSSR count). The average Bonchev–Trinajstić information content (AvgIpc) is 2.80. The Labute approximate surface area is 183 Å². The fraction of sp³-hybridized carbons (Fsp3) is 0.130. The molecule has 9 heteroatoms. The number of hydrogen-bond donors (Lipinski definition) is 2. The Morgan fingerprint density at radius 1 is 0.969 bits per heavy atom. The first kappa shape index (κ1) is 22.4. The van der Waals surface area contributed by atoms with Gasteiger partial charge >= 0.3 is 5.97 Å². The van der Waals surface area contributed by atoms with Crippen LogP contribution in [0.1, 0.15) is 21.5 Å². The van der Waals surface area contributed by atoms with Crippen LogP contribution in [-0.4, -0.2) is 38.1 Å².